The summed E-state index contributed by atoms with van der Waals surface area (Å²) in [5, 5.41) is 0. The van der Waals surface area contributed by atoms with Gasteiger partial charge in [0, 0.05) is 20.4 Å². The molecule has 0 amide bonds. The first-order chi connectivity index (χ1) is 12.8. The van der Waals surface area contributed by atoms with Crippen LogP contribution in [0.15, 0.2) is 43.0 Å². The number of nitrogens with zero attached hydrogens (tertiary/aromatic N) is 4. The van der Waals surface area contributed by atoms with Crippen molar-refractivity contribution in [3.8, 4) is 0 Å². The van der Waals surface area contributed by atoms with E-state index in [9.17, 15) is 0 Å². The molecule has 0 aliphatic carbocycles. The molecule has 1 aromatic rings. The summed E-state index contributed by atoms with van der Waals surface area (Å²) in [5.41, 5.74) is 2.13. The van der Waals surface area contributed by atoms with Gasteiger partial charge in [0.05, 0.1) is 0 Å². The van der Waals surface area contributed by atoms with E-state index in [1.54, 1.807) is 0 Å². The van der Waals surface area contributed by atoms with E-state index in [1.165, 1.54) is 25.7 Å². The Morgan fingerprint density at radius 3 is 1.70 bits per heavy atom. The summed E-state index contributed by atoms with van der Waals surface area (Å²) in [5.74, 6) is 0. The summed E-state index contributed by atoms with van der Waals surface area (Å²) in [4.78, 5) is 16.5. The van der Waals surface area contributed by atoms with Crippen LogP contribution in [0.25, 0.3) is 0 Å². The summed E-state index contributed by atoms with van der Waals surface area (Å²) in [6.07, 6.45) is 13.3. The minimum absolute atomic E-state index is 0. The van der Waals surface area contributed by atoms with Gasteiger partial charge in [-0.15, -0.1) is 29.6 Å². The molecule has 6 heteroatoms. The smallest absolute Gasteiger partial charge is 0 e. The molecular formula is C21H28N4OPd-4. The minimum Gasteiger partial charge on any atom is -0.545 e. The zero-order valence-corrected chi connectivity index (χ0v) is 17.6. The number of hydrogen-bond donors (Lipinski definition) is 0. The molecule has 2 aliphatic rings. The molecule has 1 aromatic carbocycles. The Hall–Kier alpha value is -1.77. The molecule has 0 fully saturated rings. The molecular weight excluding hydrogens is 431 g/mol. The first kappa shape index (κ1) is 23.3. The molecule has 0 saturated carbocycles. The van der Waals surface area contributed by atoms with Gasteiger partial charge in [0.1, 0.15) is 0 Å². The van der Waals surface area contributed by atoms with Gasteiger partial charge in [-0.25, -0.2) is 0 Å². The van der Waals surface area contributed by atoms with Crippen LogP contribution in [-0.2, 0) is 25.2 Å². The summed E-state index contributed by atoms with van der Waals surface area (Å²) in [6.45, 7) is 14.1. The fraction of sp³-hybridized carbons (Fsp3) is 0.381. The SMILES string of the molecule is CCCCN1C=CN(c2[c-]c(N3C=CN(CCCC)[CH-]3)ccc2)[CH-]1.[CH-]=O.[Pd]. The normalized spacial score (nSPS) is 15.0. The molecule has 3 rings (SSSR count). The largest absolute Gasteiger partial charge is 0.545 e. The minimum atomic E-state index is 0. The number of hydrogen-bond acceptors (Lipinski definition) is 5. The van der Waals surface area contributed by atoms with Crippen molar-refractivity contribution in [2.75, 3.05) is 22.9 Å². The Morgan fingerprint density at radius 1 is 0.852 bits per heavy atom. The average molecular weight is 459 g/mol. The van der Waals surface area contributed by atoms with E-state index in [0.29, 0.717) is 0 Å². The molecule has 0 radical (unpaired) electrons. The second-order valence-electron chi connectivity index (χ2n) is 6.25. The van der Waals surface area contributed by atoms with E-state index in [-0.39, 0.29) is 20.4 Å². The number of rotatable bonds is 8. The molecule has 0 atom stereocenters. The van der Waals surface area contributed by atoms with E-state index < -0.39 is 0 Å². The molecule has 2 heterocycles. The molecule has 2 aliphatic heterocycles. The number of carbonyl (C=O) groups excluding carboxylic acids is 1. The van der Waals surface area contributed by atoms with Crippen LogP contribution in [0.2, 0.25) is 0 Å². The summed E-state index contributed by atoms with van der Waals surface area (Å²) < 4.78 is 0. The van der Waals surface area contributed by atoms with E-state index in [0.717, 1.165) is 24.5 Å². The van der Waals surface area contributed by atoms with Crippen molar-refractivity contribution in [3.05, 3.63) is 62.4 Å². The third-order valence-electron chi connectivity index (χ3n) is 4.24. The van der Waals surface area contributed by atoms with Crippen LogP contribution in [-0.4, -0.2) is 29.7 Å². The van der Waals surface area contributed by atoms with Crippen LogP contribution in [0.4, 0.5) is 11.4 Å². The Kier molecular flexibility index (Phi) is 10.9. The third kappa shape index (κ3) is 6.72. The van der Waals surface area contributed by atoms with Crippen LogP contribution in [0, 0.1) is 19.4 Å². The van der Waals surface area contributed by atoms with Gasteiger partial charge in [-0.1, -0.05) is 26.7 Å². The quantitative estimate of drug-likeness (QED) is 0.330. The van der Waals surface area contributed by atoms with Crippen molar-refractivity contribution in [3.63, 3.8) is 0 Å². The summed E-state index contributed by atoms with van der Waals surface area (Å²) in [6, 6.07) is 9.81. The van der Waals surface area contributed by atoms with Gasteiger partial charge >= 0.3 is 0 Å². The van der Waals surface area contributed by atoms with Gasteiger partial charge in [0.25, 0.3) is 0 Å². The Morgan fingerprint density at radius 2 is 1.30 bits per heavy atom. The molecule has 5 nitrogen and oxygen atoms in total. The maximum absolute atomic E-state index is 7.75. The van der Waals surface area contributed by atoms with E-state index in [4.69, 9.17) is 4.79 Å². The monoisotopic (exact) mass is 458 g/mol. The van der Waals surface area contributed by atoms with E-state index in [2.05, 4.69) is 103 Å². The maximum atomic E-state index is 7.75. The predicted octanol–water partition coefficient (Wildman–Crippen LogP) is 4.24. The van der Waals surface area contributed by atoms with Gasteiger partial charge < -0.3 is 24.4 Å². The second-order valence-corrected chi connectivity index (χ2v) is 6.25. The average Bonchev–Trinajstić information content (AvgIpc) is 3.36. The van der Waals surface area contributed by atoms with Crippen LogP contribution < -0.4 is 9.80 Å². The molecule has 0 aromatic heterocycles. The van der Waals surface area contributed by atoms with Gasteiger partial charge in [0.2, 0.25) is 0 Å². The van der Waals surface area contributed by atoms with Gasteiger partial charge in [-0.05, 0) is 50.7 Å². The molecule has 152 valence electrons. The van der Waals surface area contributed by atoms with Crippen LogP contribution in [0.5, 0.6) is 0 Å². The van der Waals surface area contributed by atoms with E-state index >= 15 is 0 Å². The first-order valence-electron chi connectivity index (χ1n) is 9.21. The number of anilines is 2. The third-order valence-corrected chi connectivity index (χ3v) is 4.24. The summed E-state index contributed by atoms with van der Waals surface area (Å²) >= 11 is 0. The first-order valence-corrected chi connectivity index (χ1v) is 9.21. The molecule has 0 N–H and O–H groups in total. The predicted molar refractivity (Wildman–Crippen MR) is 107 cm³/mol. The zero-order chi connectivity index (χ0) is 18.8. The van der Waals surface area contributed by atoms with Gasteiger partial charge in [-0.3, -0.25) is 6.79 Å². The van der Waals surface area contributed by atoms with E-state index in [1.807, 2.05) is 0 Å². The van der Waals surface area contributed by atoms with Crippen LogP contribution >= 0.6 is 0 Å². The molecule has 0 bridgehead atoms. The number of unbranched alkanes of at least 4 members (excludes halogenated alkanes) is 2. The van der Waals surface area contributed by atoms with Crippen molar-refractivity contribution in [2.24, 2.45) is 0 Å². The van der Waals surface area contributed by atoms with Gasteiger partial charge in [-0.2, -0.15) is 19.4 Å². The Labute approximate surface area is 178 Å². The van der Waals surface area contributed by atoms with Crippen molar-refractivity contribution in [1.82, 2.24) is 9.80 Å². The fourth-order valence-corrected chi connectivity index (χ4v) is 2.77. The Balaban J connectivity index is 0.00000118. The second kappa shape index (κ2) is 12.6. The zero-order valence-electron chi connectivity index (χ0n) is 16.0. The Bertz CT molecular complexity index is 560. The summed E-state index contributed by atoms with van der Waals surface area (Å²) in [7, 11) is 0. The maximum Gasteiger partial charge on any atom is 0 e. The number of benzene rings is 1. The van der Waals surface area contributed by atoms with Crippen LogP contribution in [0.3, 0.4) is 0 Å². The molecule has 27 heavy (non-hydrogen) atoms. The molecule has 0 saturated heterocycles. The van der Waals surface area contributed by atoms with Gasteiger partial charge in [0.15, 0.2) is 0 Å². The fourth-order valence-electron chi connectivity index (χ4n) is 2.77. The van der Waals surface area contributed by atoms with Crippen molar-refractivity contribution < 1.29 is 25.2 Å². The van der Waals surface area contributed by atoms with Crippen molar-refractivity contribution in [2.45, 2.75) is 39.5 Å². The van der Waals surface area contributed by atoms with Crippen LogP contribution in [0.1, 0.15) is 39.5 Å². The molecule has 0 spiro atoms. The van der Waals surface area contributed by atoms with Crippen molar-refractivity contribution >= 4 is 18.2 Å². The molecule has 0 unspecified atom stereocenters. The topological polar surface area (TPSA) is 30.0 Å². The standard InChI is InChI=1S/C20H27N4.CHO.Pd/c1-3-5-10-21-12-14-23(17-21)19-8-7-9-20(16-19)24-15-13-22(18-24)11-6-4-2;1-2;/h7-9,12-15,17-18H,3-6,10-11H2,1-2H3;1H;/q-3;-1;. The van der Waals surface area contributed by atoms with Crippen molar-refractivity contribution in [1.29, 1.82) is 0 Å².